The first-order valence-corrected chi connectivity index (χ1v) is 9.05. The third-order valence-electron chi connectivity index (χ3n) is 5.26. The number of para-hydroxylation sites is 2. The Bertz CT molecular complexity index is 903. The van der Waals surface area contributed by atoms with E-state index in [1.54, 1.807) is 31.4 Å². The van der Waals surface area contributed by atoms with E-state index in [4.69, 9.17) is 9.47 Å². The molecule has 1 aliphatic heterocycles. The van der Waals surface area contributed by atoms with Crippen LogP contribution < -0.4 is 14.4 Å². The lowest BCUT2D eigenvalue weighted by Crippen LogP contribution is -2.31. The van der Waals surface area contributed by atoms with Crippen molar-refractivity contribution in [1.29, 1.82) is 0 Å². The van der Waals surface area contributed by atoms with Crippen molar-refractivity contribution in [3.05, 3.63) is 60.7 Å². The molecule has 1 heterocycles. The number of carbonyl (C=O) groups is 2. The summed E-state index contributed by atoms with van der Waals surface area (Å²) in [6.07, 6.45) is 4.66. The van der Waals surface area contributed by atoms with Crippen molar-refractivity contribution < 1.29 is 19.1 Å². The molecule has 5 nitrogen and oxygen atoms in total. The van der Waals surface area contributed by atoms with Crippen LogP contribution in [0.2, 0.25) is 0 Å². The minimum absolute atomic E-state index is 0.0818. The third kappa shape index (κ3) is 2.99. The largest absolute Gasteiger partial charge is 0.493 e. The summed E-state index contributed by atoms with van der Waals surface area (Å²) < 4.78 is 11.1. The summed E-state index contributed by atoms with van der Waals surface area (Å²) in [5.41, 5.74) is 0.582. The topological polar surface area (TPSA) is 55.8 Å². The number of carbonyl (C=O) groups excluding carboxylic acids is 2. The molecule has 0 radical (unpaired) electrons. The van der Waals surface area contributed by atoms with Gasteiger partial charge in [0.2, 0.25) is 11.8 Å². The third-order valence-corrected chi connectivity index (χ3v) is 5.26. The van der Waals surface area contributed by atoms with E-state index in [1.165, 1.54) is 4.90 Å². The maximum atomic E-state index is 12.8. The second-order valence-corrected chi connectivity index (χ2v) is 6.91. The number of anilines is 1. The molecule has 1 saturated heterocycles. The average molecular weight is 363 g/mol. The van der Waals surface area contributed by atoms with Crippen LogP contribution in [0.3, 0.4) is 0 Å². The first-order chi connectivity index (χ1) is 13.1. The van der Waals surface area contributed by atoms with Gasteiger partial charge in [-0.05, 0) is 48.7 Å². The van der Waals surface area contributed by atoms with Crippen LogP contribution in [0, 0.1) is 17.8 Å². The van der Waals surface area contributed by atoms with Gasteiger partial charge >= 0.3 is 0 Å². The van der Waals surface area contributed by atoms with E-state index in [9.17, 15) is 9.59 Å². The summed E-state index contributed by atoms with van der Waals surface area (Å²) in [5.74, 6) is 1.20. The fourth-order valence-electron chi connectivity index (χ4n) is 3.90. The molecule has 0 spiro atoms. The Morgan fingerprint density at radius 2 is 1.67 bits per heavy atom. The molecular formula is C22H21NO4. The Balaban J connectivity index is 1.56. The average Bonchev–Trinajstić information content (AvgIpc) is 2.95. The monoisotopic (exact) mass is 363 g/mol. The van der Waals surface area contributed by atoms with Crippen LogP contribution in [0.4, 0.5) is 5.69 Å². The van der Waals surface area contributed by atoms with E-state index in [-0.39, 0.29) is 29.6 Å². The molecule has 2 aromatic rings. The maximum Gasteiger partial charge on any atom is 0.238 e. The molecule has 0 aromatic heterocycles. The van der Waals surface area contributed by atoms with Crippen molar-refractivity contribution in [1.82, 2.24) is 0 Å². The molecule has 0 bridgehead atoms. The van der Waals surface area contributed by atoms with Crippen LogP contribution in [0.25, 0.3) is 0 Å². The van der Waals surface area contributed by atoms with Crippen molar-refractivity contribution in [3.63, 3.8) is 0 Å². The minimum Gasteiger partial charge on any atom is -0.493 e. The molecule has 5 heteroatoms. The number of hydrogen-bond acceptors (Lipinski definition) is 4. The van der Waals surface area contributed by atoms with Gasteiger partial charge in [-0.1, -0.05) is 31.2 Å². The zero-order chi connectivity index (χ0) is 19.0. The first-order valence-electron chi connectivity index (χ1n) is 9.05. The van der Waals surface area contributed by atoms with Crippen LogP contribution in [0.5, 0.6) is 17.2 Å². The fourth-order valence-corrected chi connectivity index (χ4v) is 3.90. The number of benzene rings is 2. The van der Waals surface area contributed by atoms with Gasteiger partial charge in [0.05, 0.1) is 24.6 Å². The lowest BCUT2D eigenvalue weighted by atomic mass is 9.78. The minimum atomic E-state index is -0.257. The lowest BCUT2D eigenvalue weighted by molar-refractivity contribution is -0.122. The van der Waals surface area contributed by atoms with Gasteiger partial charge in [0.1, 0.15) is 5.75 Å². The van der Waals surface area contributed by atoms with Gasteiger partial charge < -0.3 is 9.47 Å². The highest BCUT2D eigenvalue weighted by molar-refractivity contribution is 6.22. The zero-order valence-corrected chi connectivity index (χ0v) is 15.3. The Kier molecular flexibility index (Phi) is 4.44. The Morgan fingerprint density at radius 3 is 2.33 bits per heavy atom. The zero-order valence-electron chi connectivity index (χ0n) is 15.3. The van der Waals surface area contributed by atoms with Crippen LogP contribution in [-0.2, 0) is 9.59 Å². The molecule has 1 aliphatic carbocycles. The standard InChI is InChI=1S/C22H21NO4/c1-14-6-5-7-17-20(14)22(25)23(21(17)24)15-10-12-16(13-11-15)27-19-9-4-3-8-18(19)26-2/h3-6,8-14,17,20H,7H2,1-2H3/t14-,17-,20-/m1/s1. The first kappa shape index (κ1) is 17.3. The van der Waals surface area contributed by atoms with Gasteiger partial charge in [-0.3, -0.25) is 14.5 Å². The smallest absolute Gasteiger partial charge is 0.238 e. The van der Waals surface area contributed by atoms with E-state index < -0.39 is 0 Å². The molecule has 2 amide bonds. The quantitative estimate of drug-likeness (QED) is 0.604. The summed E-state index contributed by atoms with van der Waals surface area (Å²) >= 11 is 0. The molecule has 2 aromatic carbocycles. The van der Waals surface area contributed by atoms with Gasteiger partial charge in [0.15, 0.2) is 11.5 Å². The number of imide groups is 1. The van der Waals surface area contributed by atoms with Crippen molar-refractivity contribution in [2.24, 2.45) is 17.8 Å². The second kappa shape index (κ2) is 6.91. The molecule has 0 N–H and O–H groups in total. The molecule has 3 atom stereocenters. The van der Waals surface area contributed by atoms with Crippen LogP contribution in [0.15, 0.2) is 60.7 Å². The number of methoxy groups -OCH3 is 1. The van der Waals surface area contributed by atoms with Gasteiger partial charge in [-0.15, -0.1) is 0 Å². The summed E-state index contributed by atoms with van der Waals surface area (Å²) in [6, 6.07) is 14.4. The van der Waals surface area contributed by atoms with Crippen molar-refractivity contribution >= 4 is 17.5 Å². The van der Waals surface area contributed by atoms with Gasteiger partial charge in [0, 0.05) is 0 Å². The number of rotatable bonds is 4. The molecule has 138 valence electrons. The highest BCUT2D eigenvalue weighted by Gasteiger charge is 2.50. The van der Waals surface area contributed by atoms with Crippen LogP contribution >= 0.6 is 0 Å². The van der Waals surface area contributed by atoms with Gasteiger partial charge in [-0.2, -0.15) is 0 Å². The predicted octanol–water partition coefficient (Wildman–Crippen LogP) is 4.19. The highest BCUT2D eigenvalue weighted by atomic mass is 16.5. The molecule has 4 rings (SSSR count). The Hall–Kier alpha value is -3.08. The van der Waals surface area contributed by atoms with E-state index in [0.717, 1.165) is 0 Å². The van der Waals surface area contributed by atoms with Crippen molar-refractivity contribution in [3.8, 4) is 17.2 Å². The molecule has 2 aliphatic rings. The highest BCUT2D eigenvalue weighted by Crippen LogP contribution is 2.41. The van der Waals surface area contributed by atoms with Crippen LogP contribution in [0.1, 0.15) is 13.3 Å². The fraction of sp³-hybridized carbons (Fsp3) is 0.273. The normalized spacial score (nSPS) is 24.1. The Labute approximate surface area is 158 Å². The molecule has 0 unspecified atom stereocenters. The summed E-state index contributed by atoms with van der Waals surface area (Å²) in [5, 5.41) is 0. The number of nitrogens with zero attached hydrogens (tertiary/aromatic N) is 1. The van der Waals surface area contributed by atoms with Crippen LogP contribution in [-0.4, -0.2) is 18.9 Å². The number of amides is 2. The number of ether oxygens (including phenoxy) is 2. The van der Waals surface area contributed by atoms with Gasteiger partial charge in [-0.25, -0.2) is 0 Å². The summed E-state index contributed by atoms with van der Waals surface area (Å²) in [6.45, 7) is 1.99. The van der Waals surface area contributed by atoms with Crippen molar-refractivity contribution in [2.45, 2.75) is 13.3 Å². The second-order valence-electron chi connectivity index (χ2n) is 6.91. The van der Waals surface area contributed by atoms with Crippen molar-refractivity contribution in [2.75, 3.05) is 12.0 Å². The summed E-state index contributed by atoms with van der Waals surface area (Å²) in [4.78, 5) is 26.9. The number of hydrogen-bond donors (Lipinski definition) is 0. The molecule has 1 fully saturated rings. The van der Waals surface area contributed by atoms with E-state index in [1.807, 2.05) is 43.3 Å². The molecule has 27 heavy (non-hydrogen) atoms. The van der Waals surface area contributed by atoms with E-state index in [2.05, 4.69) is 0 Å². The van der Waals surface area contributed by atoms with E-state index in [0.29, 0.717) is 29.4 Å². The molecule has 0 saturated carbocycles. The molecular weight excluding hydrogens is 342 g/mol. The SMILES string of the molecule is COc1ccccc1Oc1ccc(N2C(=O)[C@@H]3[C@H](C)C=CC[C@H]3C2=O)cc1. The van der Waals surface area contributed by atoms with Gasteiger partial charge in [0.25, 0.3) is 0 Å². The lowest BCUT2D eigenvalue weighted by Gasteiger charge is -2.22. The predicted molar refractivity (Wildman–Crippen MR) is 102 cm³/mol. The maximum absolute atomic E-state index is 12.8. The summed E-state index contributed by atoms with van der Waals surface area (Å²) in [7, 11) is 1.59. The van der Waals surface area contributed by atoms with E-state index >= 15 is 0 Å². The Morgan fingerprint density at radius 1 is 0.963 bits per heavy atom. The number of fused-ring (bicyclic) bond motifs is 1. The number of allylic oxidation sites excluding steroid dienone is 2.